The van der Waals surface area contributed by atoms with Crippen LogP contribution in [0.3, 0.4) is 0 Å². The number of piperidine rings is 1. The van der Waals surface area contributed by atoms with Gasteiger partial charge in [-0.05, 0) is 31.4 Å². The molecule has 5 nitrogen and oxygen atoms in total. The summed E-state index contributed by atoms with van der Waals surface area (Å²) in [5.74, 6) is 0.540. The van der Waals surface area contributed by atoms with Crippen LogP contribution in [0.2, 0.25) is 0 Å². The number of nitrogens with one attached hydrogen (secondary N) is 1. The Labute approximate surface area is 112 Å². The largest absolute Gasteiger partial charge is 0.472 e. The highest BCUT2D eigenvalue weighted by atomic mass is 16.5. The zero-order valence-corrected chi connectivity index (χ0v) is 11.2. The third kappa shape index (κ3) is 2.67. The number of furan rings is 1. The van der Waals surface area contributed by atoms with Crippen LogP contribution in [0.4, 0.5) is 0 Å². The van der Waals surface area contributed by atoms with Gasteiger partial charge in [-0.3, -0.25) is 9.69 Å². The van der Waals surface area contributed by atoms with Gasteiger partial charge >= 0.3 is 0 Å². The number of nitrogens with zero attached hydrogens (tertiary/aromatic N) is 1. The average molecular weight is 264 g/mol. The first-order valence-electron chi connectivity index (χ1n) is 6.86. The molecule has 3 heterocycles. The minimum atomic E-state index is -0.256. The minimum absolute atomic E-state index is 0.00999. The molecule has 2 fully saturated rings. The first kappa shape index (κ1) is 12.7. The number of hydrogen-bond donors (Lipinski definition) is 1. The fourth-order valence-corrected chi connectivity index (χ4v) is 3.11. The topological polar surface area (TPSA) is 54.7 Å². The molecular weight excluding hydrogens is 244 g/mol. The SMILES string of the molecule is CNC(=O)[C@@H]1C[C@@H]2CCN(Cc3ccoc3)C[C@H]2O1. The van der Waals surface area contributed by atoms with E-state index in [-0.39, 0.29) is 18.1 Å². The number of rotatable bonds is 3. The molecule has 1 N–H and O–H groups in total. The zero-order chi connectivity index (χ0) is 13.2. The molecule has 19 heavy (non-hydrogen) atoms. The minimum Gasteiger partial charge on any atom is -0.472 e. The maximum Gasteiger partial charge on any atom is 0.248 e. The number of carbonyl (C=O) groups is 1. The lowest BCUT2D eigenvalue weighted by atomic mass is 9.91. The maximum absolute atomic E-state index is 11.6. The van der Waals surface area contributed by atoms with Gasteiger partial charge in [-0.1, -0.05) is 0 Å². The van der Waals surface area contributed by atoms with Crippen LogP contribution in [0.1, 0.15) is 18.4 Å². The summed E-state index contributed by atoms with van der Waals surface area (Å²) in [4.78, 5) is 14.0. The van der Waals surface area contributed by atoms with Gasteiger partial charge < -0.3 is 14.5 Å². The quantitative estimate of drug-likeness (QED) is 0.885. The van der Waals surface area contributed by atoms with Crippen molar-refractivity contribution in [1.29, 1.82) is 0 Å². The lowest BCUT2D eigenvalue weighted by Gasteiger charge is -2.33. The van der Waals surface area contributed by atoms with Gasteiger partial charge in [0.2, 0.25) is 5.91 Å². The molecule has 0 radical (unpaired) electrons. The van der Waals surface area contributed by atoms with Crippen molar-refractivity contribution in [3.63, 3.8) is 0 Å². The summed E-state index contributed by atoms with van der Waals surface area (Å²) in [7, 11) is 1.67. The molecule has 0 aliphatic carbocycles. The van der Waals surface area contributed by atoms with Crippen LogP contribution in [0.25, 0.3) is 0 Å². The van der Waals surface area contributed by atoms with Crippen molar-refractivity contribution in [2.24, 2.45) is 5.92 Å². The monoisotopic (exact) mass is 264 g/mol. The summed E-state index contributed by atoms with van der Waals surface area (Å²) in [6.45, 7) is 2.87. The van der Waals surface area contributed by atoms with Crippen LogP contribution in [0, 0.1) is 5.92 Å². The maximum atomic E-state index is 11.6. The van der Waals surface area contributed by atoms with Gasteiger partial charge in [0.25, 0.3) is 0 Å². The second-order valence-electron chi connectivity index (χ2n) is 5.43. The lowest BCUT2D eigenvalue weighted by molar-refractivity contribution is -0.132. The first-order chi connectivity index (χ1) is 9.26. The van der Waals surface area contributed by atoms with Gasteiger partial charge in [0.1, 0.15) is 6.10 Å². The van der Waals surface area contributed by atoms with Crippen molar-refractivity contribution < 1.29 is 13.9 Å². The summed E-state index contributed by atoms with van der Waals surface area (Å²) in [5.41, 5.74) is 1.19. The van der Waals surface area contributed by atoms with Gasteiger partial charge in [-0.2, -0.15) is 0 Å². The molecule has 1 amide bonds. The smallest absolute Gasteiger partial charge is 0.248 e. The summed E-state index contributed by atoms with van der Waals surface area (Å²) in [6, 6.07) is 1.99. The van der Waals surface area contributed by atoms with Crippen molar-refractivity contribution in [2.45, 2.75) is 31.6 Å². The highest BCUT2D eigenvalue weighted by Gasteiger charge is 2.41. The Morgan fingerprint density at radius 2 is 2.47 bits per heavy atom. The highest BCUT2D eigenvalue weighted by Crippen LogP contribution is 2.33. The number of likely N-dealkylation sites (tertiary alicyclic amines) is 1. The molecule has 2 aliphatic rings. The number of amides is 1. The number of likely N-dealkylation sites (N-methyl/N-ethyl adjacent to an activating group) is 1. The number of ether oxygens (including phenoxy) is 1. The van der Waals surface area contributed by atoms with Gasteiger partial charge in [0.05, 0.1) is 18.6 Å². The van der Waals surface area contributed by atoms with Crippen molar-refractivity contribution in [3.8, 4) is 0 Å². The number of carbonyl (C=O) groups excluding carboxylic acids is 1. The fourth-order valence-electron chi connectivity index (χ4n) is 3.11. The van der Waals surface area contributed by atoms with E-state index in [0.717, 1.165) is 32.5 Å². The van der Waals surface area contributed by atoms with Crippen LogP contribution in [0.15, 0.2) is 23.0 Å². The third-order valence-electron chi connectivity index (χ3n) is 4.16. The van der Waals surface area contributed by atoms with E-state index in [0.29, 0.717) is 5.92 Å². The fraction of sp³-hybridized carbons (Fsp3) is 0.643. The van der Waals surface area contributed by atoms with Crippen LogP contribution in [-0.2, 0) is 16.1 Å². The lowest BCUT2D eigenvalue weighted by Crippen LogP contribution is -2.42. The zero-order valence-electron chi connectivity index (χ0n) is 11.2. The van der Waals surface area contributed by atoms with Crippen LogP contribution >= 0.6 is 0 Å². The van der Waals surface area contributed by atoms with Gasteiger partial charge in [0.15, 0.2) is 0 Å². The van der Waals surface area contributed by atoms with E-state index in [1.54, 1.807) is 19.6 Å². The van der Waals surface area contributed by atoms with Crippen molar-refractivity contribution in [3.05, 3.63) is 24.2 Å². The molecule has 0 spiro atoms. The molecule has 3 atom stereocenters. The third-order valence-corrected chi connectivity index (χ3v) is 4.16. The molecule has 0 aromatic carbocycles. The summed E-state index contributed by atoms with van der Waals surface area (Å²) >= 11 is 0. The standard InChI is InChI=1S/C14H20N2O3/c1-15-14(17)12-6-11-2-4-16(8-13(11)19-12)7-10-3-5-18-9-10/h3,5,9,11-13H,2,4,6-8H2,1H3,(H,15,17)/t11-,12-,13+/m0/s1. The molecule has 104 valence electrons. The molecule has 3 rings (SSSR count). The summed E-state index contributed by atoms with van der Waals surface area (Å²) < 4.78 is 11.0. The predicted molar refractivity (Wildman–Crippen MR) is 69.4 cm³/mol. The Balaban J connectivity index is 1.57. The summed E-state index contributed by atoms with van der Waals surface area (Å²) in [6.07, 6.45) is 5.40. The Morgan fingerprint density at radius 3 is 3.21 bits per heavy atom. The van der Waals surface area contributed by atoms with E-state index in [9.17, 15) is 4.79 Å². The molecule has 0 bridgehead atoms. The van der Waals surface area contributed by atoms with Crippen molar-refractivity contribution >= 4 is 5.91 Å². The second-order valence-corrected chi connectivity index (χ2v) is 5.43. The Kier molecular flexibility index (Phi) is 3.57. The van der Waals surface area contributed by atoms with Crippen LogP contribution < -0.4 is 5.32 Å². The normalized spacial score (nSPS) is 31.1. The molecule has 5 heteroatoms. The number of fused-ring (bicyclic) bond motifs is 1. The van der Waals surface area contributed by atoms with Gasteiger partial charge in [-0.25, -0.2) is 0 Å². The van der Waals surface area contributed by atoms with E-state index in [1.807, 2.05) is 6.07 Å². The Hall–Kier alpha value is -1.33. The first-order valence-corrected chi connectivity index (χ1v) is 6.86. The molecule has 1 aromatic rings. The molecule has 0 saturated carbocycles. The molecule has 1 aromatic heterocycles. The average Bonchev–Trinajstić information content (AvgIpc) is 3.06. The second kappa shape index (κ2) is 5.35. The Bertz CT molecular complexity index is 432. The van der Waals surface area contributed by atoms with Gasteiger partial charge in [0, 0.05) is 25.7 Å². The van der Waals surface area contributed by atoms with E-state index < -0.39 is 0 Å². The van der Waals surface area contributed by atoms with E-state index >= 15 is 0 Å². The van der Waals surface area contributed by atoms with Crippen molar-refractivity contribution in [1.82, 2.24) is 10.2 Å². The predicted octanol–water partition coefficient (Wildman–Crippen LogP) is 1.00. The van der Waals surface area contributed by atoms with Crippen LogP contribution in [-0.4, -0.2) is 43.2 Å². The summed E-state index contributed by atoms with van der Waals surface area (Å²) in [5, 5.41) is 2.67. The molecule has 2 aliphatic heterocycles. The highest BCUT2D eigenvalue weighted by molar-refractivity contribution is 5.80. The van der Waals surface area contributed by atoms with Crippen LogP contribution in [0.5, 0.6) is 0 Å². The van der Waals surface area contributed by atoms with Crippen molar-refractivity contribution in [2.75, 3.05) is 20.1 Å². The van der Waals surface area contributed by atoms with E-state index in [1.165, 1.54) is 5.56 Å². The van der Waals surface area contributed by atoms with E-state index in [4.69, 9.17) is 9.15 Å². The number of hydrogen-bond acceptors (Lipinski definition) is 4. The van der Waals surface area contributed by atoms with Gasteiger partial charge in [-0.15, -0.1) is 0 Å². The molecule has 0 unspecified atom stereocenters. The Morgan fingerprint density at radius 1 is 1.58 bits per heavy atom. The molecule has 2 saturated heterocycles. The molecular formula is C14H20N2O3. The van der Waals surface area contributed by atoms with E-state index in [2.05, 4.69) is 10.2 Å².